The summed E-state index contributed by atoms with van der Waals surface area (Å²) in [5.74, 6) is -0.935. The molecule has 2 aromatic rings. The first-order chi connectivity index (χ1) is 9.85. The van der Waals surface area contributed by atoms with E-state index in [-0.39, 0.29) is 5.57 Å². The van der Waals surface area contributed by atoms with Crippen molar-refractivity contribution in [2.75, 3.05) is 0 Å². The van der Waals surface area contributed by atoms with Crippen molar-refractivity contribution in [3.8, 4) is 0 Å². The third kappa shape index (κ3) is 4.89. The fraction of sp³-hybridized carbons (Fsp3) is 0.0625. The second kappa shape index (κ2) is 7.40. The molecule has 0 radical (unpaired) electrons. The highest BCUT2D eigenvalue weighted by Crippen LogP contribution is 2.19. The third-order valence-electron chi connectivity index (χ3n) is 2.47. The lowest BCUT2D eigenvalue weighted by atomic mass is 10.4. The number of carbonyl (C=O) groups is 1. The Morgan fingerprint density at radius 1 is 0.905 bits per heavy atom. The summed E-state index contributed by atoms with van der Waals surface area (Å²) in [7, 11) is -3.34. The van der Waals surface area contributed by atoms with Gasteiger partial charge in [-0.15, -0.1) is 0 Å². The number of carboxylic acids is 1. The second-order valence-corrected chi connectivity index (χ2v) is 6.16. The Kier molecular flexibility index (Phi) is 5.87. The molecule has 0 aliphatic heterocycles. The zero-order valence-electron chi connectivity index (χ0n) is 11.6. The van der Waals surface area contributed by atoms with Crippen molar-refractivity contribution >= 4 is 15.8 Å². The molecular formula is C16H16O4S. The standard InChI is InChI=1S/C12H10O2S.C4H6O2/c13-15(14,11-7-3-1-4-8-11)12-9-5-2-6-10-12;1-3(2)4(5)6/h1-10H;1H2,2H3,(H,5,6). The Morgan fingerprint density at radius 3 is 1.43 bits per heavy atom. The summed E-state index contributed by atoms with van der Waals surface area (Å²) in [5.41, 5.74) is 0.176. The van der Waals surface area contributed by atoms with Crippen molar-refractivity contribution in [2.45, 2.75) is 16.7 Å². The molecule has 0 spiro atoms. The van der Waals surface area contributed by atoms with Crippen LogP contribution in [0.3, 0.4) is 0 Å². The van der Waals surface area contributed by atoms with Gasteiger partial charge in [0.1, 0.15) is 0 Å². The van der Waals surface area contributed by atoms with E-state index in [1.54, 1.807) is 60.7 Å². The maximum Gasteiger partial charge on any atom is 0.330 e. The molecule has 0 aliphatic rings. The lowest BCUT2D eigenvalue weighted by molar-refractivity contribution is -0.132. The van der Waals surface area contributed by atoms with Crippen molar-refractivity contribution in [3.63, 3.8) is 0 Å². The molecule has 21 heavy (non-hydrogen) atoms. The van der Waals surface area contributed by atoms with Crippen LogP contribution in [0.2, 0.25) is 0 Å². The van der Waals surface area contributed by atoms with Crippen LogP contribution in [-0.2, 0) is 14.6 Å². The third-order valence-corrected chi connectivity index (χ3v) is 4.26. The normalized spacial score (nSPS) is 10.1. The van der Waals surface area contributed by atoms with E-state index in [0.29, 0.717) is 9.79 Å². The molecule has 2 rings (SSSR count). The second-order valence-electron chi connectivity index (χ2n) is 4.22. The maximum absolute atomic E-state index is 12.0. The topological polar surface area (TPSA) is 71.4 Å². The van der Waals surface area contributed by atoms with Crippen molar-refractivity contribution in [2.24, 2.45) is 0 Å². The fourth-order valence-corrected chi connectivity index (χ4v) is 2.64. The highest BCUT2D eigenvalue weighted by Gasteiger charge is 2.15. The van der Waals surface area contributed by atoms with E-state index >= 15 is 0 Å². The van der Waals surface area contributed by atoms with E-state index in [4.69, 9.17) is 5.11 Å². The van der Waals surface area contributed by atoms with Crippen LogP contribution in [0.15, 0.2) is 82.6 Å². The van der Waals surface area contributed by atoms with Gasteiger partial charge in [-0.2, -0.15) is 0 Å². The zero-order chi connectivity index (χ0) is 15.9. The number of aliphatic carboxylic acids is 1. The van der Waals surface area contributed by atoms with Crippen LogP contribution in [0, 0.1) is 0 Å². The summed E-state index contributed by atoms with van der Waals surface area (Å²) < 4.78 is 24.1. The lowest BCUT2D eigenvalue weighted by Crippen LogP contribution is -2.00. The first-order valence-electron chi connectivity index (χ1n) is 6.09. The number of rotatable bonds is 3. The average Bonchev–Trinajstić information content (AvgIpc) is 2.49. The van der Waals surface area contributed by atoms with E-state index in [1.807, 2.05) is 0 Å². The molecule has 1 N–H and O–H groups in total. The monoisotopic (exact) mass is 304 g/mol. The average molecular weight is 304 g/mol. The Balaban J connectivity index is 0.000000315. The summed E-state index contributed by atoms with van der Waals surface area (Å²) in [6.45, 7) is 4.60. The number of hydrogen-bond acceptors (Lipinski definition) is 3. The van der Waals surface area contributed by atoms with Crippen LogP contribution in [-0.4, -0.2) is 19.5 Å². The minimum Gasteiger partial charge on any atom is -0.478 e. The number of benzene rings is 2. The summed E-state index contributed by atoms with van der Waals surface area (Å²) in [6.07, 6.45) is 0. The first-order valence-corrected chi connectivity index (χ1v) is 7.58. The van der Waals surface area contributed by atoms with Gasteiger partial charge in [-0.3, -0.25) is 0 Å². The number of carboxylic acid groups (broad SMARTS) is 1. The molecule has 110 valence electrons. The predicted octanol–water partition coefficient (Wildman–Crippen LogP) is 3.17. The van der Waals surface area contributed by atoms with E-state index in [1.165, 1.54) is 6.92 Å². The van der Waals surface area contributed by atoms with Gasteiger partial charge in [0.15, 0.2) is 0 Å². The largest absolute Gasteiger partial charge is 0.478 e. The van der Waals surface area contributed by atoms with E-state index in [0.717, 1.165) is 0 Å². The first kappa shape index (κ1) is 16.7. The summed E-state index contributed by atoms with van der Waals surface area (Å²) >= 11 is 0. The molecule has 0 unspecified atom stereocenters. The molecule has 0 aliphatic carbocycles. The van der Waals surface area contributed by atoms with Crippen LogP contribution in [0.1, 0.15) is 6.92 Å². The molecule has 0 bridgehead atoms. The fourth-order valence-electron chi connectivity index (χ4n) is 1.34. The molecule has 0 heterocycles. The van der Waals surface area contributed by atoms with Crippen LogP contribution >= 0.6 is 0 Å². The molecule has 0 amide bonds. The van der Waals surface area contributed by atoms with Crippen LogP contribution < -0.4 is 0 Å². The SMILES string of the molecule is C=C(C)C(=O)O.O=S(=O)(c1ccccc1)c1ccccc1. The molecule has 0 atom stereocenters. The quantitative estimate of drug-likeness (QED) is 0.884. The van der Waals surface area contributed by atoms with Crippen LogP contribution in [0.25, 0.3) is 0 Å². The van der Waals surface area contributed by atoms with Crippen molar-refractivity contribution in [1.29, 1.82) is 0 Å². The molecule has 0 fully saturated rings. The molecule has 0 saturated carbocycles. The van der Waals surface area contributed by atoms with Crippen LogP contribution in [0.5, 0.6) is 0 Å². The van der Waals surface area contributed by atoms with Crippen LogP contribution in [0.4, 0.5) is 0 Å². The molecular weight excluding hydrogens is 288 g/mol. The van der Waals surface area contributed by atoms with Crippen molar-refractivity contribution in [3.05, 3.63) is 72.8 Å². The molecule has 5 heteroatoms. The highest BCUT2D eigenvalue weighted by atomic mass is 32.2. The van der Waals surface area contributed by atoms with E-state index in [2.05, 4.69) is 6.58 Å². The Bertz CT molecular complexity index is 647. The molecule has 0 aromatic heterocycles. The minimum atomic E-state index is -3.34. The number of sulfone groups is 1. The predicted molar refractivity (Wildman–Crippen MR) is 80.8 cm³/mol. The molecule has 2 aromatic carbocycles. The van der Waals surface area contributed by atoms with Gasteiger partial charge in [0, 0.05) is 5.57 Å². The van der Waals surface area contributed by atoms with Gasteiger partial charge in [-0.1, -0.05) is 43.0 Å². The summed E-state index contributed by atoms with van der Waals surface area (Å²) in [4.78, 5) is 10.3. The highest BCUT2D eigenvalue weighted by molar-refractivity contribution is 7.91. The van der Waals surface area contributed by atoms with Gasteiger partial charge < -0.3 is 5.11 Å². The van der Waals surface area contributed by atoms with Gasteiger partial charge in [-0.05, 0) is 31.2 Å². The van der Waals surface area contributed by atoms with Gasteiger partial charge in [0.05, 0.1) is 9.79 Å². The zero-order valence-corrected chi connectivity index (χ0v) is 12.4. The van der Waals surface area contributed by atoms with Gasteiger partial charge in [-0.25, -0.2) is 13.2 Å². The van der Waals surface area contributed by atoms with Gasteiger partial charge in [0.2, 0.25) is 9.84 Å². The lowest BCUT2D eigenvalue weighted by Gasteiger charge is -2.03. The van der Waals surface area contributed by atoms with Gasteiger partial charge >= 0.3 is 5.97 Å². The maximum atomic E-state index is 12.0. The van der Waals surface area contributed by atoms with Gasteiger partial charge in [0.25, 0.3) is 0 Å². The molecule has 4 nitrogen and oxygen atoms in total. The summed E-state index contributed by atoms with van der Waals surface area (Å²) in [5, 5.41) is 7.89. The van der Waals surface area contributed by atoms with E-state index < -0.39 is 15.8 Å². The summed E-state index contributed by atoms with van der Waals surface area (Å²) in [6, 6.07) is 16.9. The Morgan fingerprint density at radius 2 is 1.19 bits per heavy atom. The van der Waals surface area contributed by atoms with Crippen molar-refractivity contribution in [1.82, 2.24) is 0 Å². The van der Waals surface area contributed by atoms with E-state index in [9.17, 15) is 13.2 Å². The molecule has 0 saturated heterocycles. The minimum absolute atomic E-state index is 0.176. The smallest absolute Gasteiger partial charge is 0.330 e. The number of hydrogen-bond donors (Lipinski definition) is 1. The Hall–Kier alpha value is -2.40. The van der Waals surface area contributed by atoms with Crippen molar-refractivity contribution < 1.29 is 18.3 Å². The Labute approximate surface area is 124 Å².